The largest absolute Gasteiger partial charge is 0.494 e. The van der Waals surface area contributed by atoms with Crippen molar-refractivity contribution in [3.63, 3.8) is 0 Å². The summed E-state index contributed by atoms with van der Waals surface area (Å²) in [6.07, 6.45) is 2.56. The van der Waals surface area contributed by atoms with Crippen molar-refractivity contribution in [2.75, 3.05) is 13.7 Å². The second-order valence-corrected chi connectivity index (χ2v) is 17.2. The van der Waals surface area contributed by atoms with Crippen molar-refractivity contribution >= 4 is 44.6 Å². The first-order chi connectivity index (χ1) is 23.3. The SMILES string of the molecule is C=C[C@@H]1C[C@]1(NC(=O)C1C[C@@H](Oc2ncc(OC)c3ccccc23)CN1C(=O)C(NC(=O)OC(C)(C)C)C(C)(C)C)C(=O)NS(=O)(=O)C1CC1. The Bertz CT molecular complexity index is 1800. The van der Waals surface area contributed by atoms with E-state index in [1.165, 1.54) is 24.3 Å². The minimum Gasteiger partial charge on any atom is -0.494 e. The highest BCUT2D eigenvalue weighted by atomic mass is 32.2. The van der Waals surface area contributed by atoms with Gasteiger partial charge in [0, 0.05) is 23.1 Å². The normalized spacial score (nSPS) is 24.1. The maximum Gasteiger partial charge on any atom is 0.408 e. The molecule has 3 fully saturated rings. The van der Waals surface area contributed by atoms with E-state index < -0.39 is 79.7 Å². The van der Waals surface area contributed by atoms with E-state index in [0.717, 1.165) is 5.39 Å². The van der Waals surface area contributed by atoms with Gasteiger partial charge in [-0.1, -0.05) is 45.0 Å². The monoisotopic (exact) mass is 713 g/mol. The highest BCUT2D eigenvalue weighted by Crippen LogP contribution is 2.45. The molecule has 4 amide bonds. The van der Waals surface area contributed by atoms with Gasteiger partial charge in [0.25, 0.3) is 5.91 Å². The van der Waals surface area contributed by atoms with Crippen molar-refractivity contribution in [1.82, 2.24) is 25.2 Å². The molecule has 2 heterocycles. The molecule has 1 aliphatic heterocycles. The number of aromatic nitrogens is 1. The number of amides is 4. The Morgan fingerprint density at radius 1 is 1.08 bits per heavy atom. The van der Waals surface area contributed by atoms with E-state index in [1.807, 2.05) is 24.3 Å². The summed E-state index contributed by atoms with van der Waals surface area (Å²) in [6, 6.07) is 5.09. The Kier molecular flexibility index (Phi) is 9.87. The highest BCUT2D eigenvalue weighted by molar-refractivity contribution is 7.91. The molecule has 2 aliphatic carbocycles. The molecule has 0 radical (unpaired) electrons. The molecule has 15 heteroatoms. The summed E-state index contributed by atoms with van der Waals surface area (Å²) >= 11 is 0. The molecule has 14 nitrogen and oxygen atoms in total. The molecule has 3 aliphatic rings. The molecule has 50 heavy (non-hydrogen) atoms. The average Bonchev–Trinajstić information content (AvgIpc) is 3.95. The van der Waals surface area contributed by atoms with Gasteiger partial charge < -0.3 is 29.7 Å². The Morgan fingerprint density at radius 2 is 1.74 bits per heavy atom. The summed E-state index contributed by atoms with van der Waals surface area (Å²) in [6.45, 7) is 14.1. The van der Waals surface area contributed by atoms with Crippen LogP contribution in [0.1, 0.15) is 67.2 Å². The number of benzene rings is 1. The molecule has 2 aromatic rings. The summed E-state index contributed by atoms with van der Waals surface area (Å²) in [5.41, 5.74) is -3.20. The van der Waals surface area contributed by atoms with Gasteiger partial charge in [-0.05, 0) is 51.5 Å². The first kappa shape index (κ1) is 36.9. The smallest absolute Gasteiger partial charge is 0.408 e. The maximum absolute atomic E-state index is 14.4. The van der Waals surface area contributed by atoms with E-state index in [4.69, 9.17) is 14.2 Å². The predicted octanol–water partition coefficient (Wildman–Crippen LogP) is 3.20. The minimum absolute atomic E-state index is 0.0136. The van der Waals surface area contributed by atoms with Gasteiger partial charge in [-0.25, -0.2) is 18.2 Å². The summed E-state index contributed by atoms with van der Waals surface area (Å²) in [5.74, 6) is -1.79. The minimum atomic E-state index is -3.90. The van der Waals surface area contributed by atoms with Gasteiger partial charge in [0.15, 0.2) is 0 Å². The number of rotatable bonds is 11. The lowest BCUT2D eigenvalue weighted by atomic mass is 9.85. The molecular weight excluding hydrogens is 666 g/mol. The Morgan fingerprint density at radius 3 is 2.30 bits per heavy atom. The number of nitrogens with one attached hydrogen (secondary N) is 3. The Labute approximate surface area is 292 Å². The van der Waals surface area contributed by atoms with Crippen molar-refractivity contribution in [3.8, 4) is 11.6 Å². The molecule has 1 saturated heterocycles. The van der Waals surface area contributed by atoms with Crippen molar-refractivity contribution in [2.24, 2.45) is 11.3 Å². The van der Waals surface area contributed by atoms with Crippen molar-refractivity contribution < 1.29 is 41.8 Å². The fourth-order valence-electron chi connectivity index (χ4n) is 6.19. The maximum atomic E-state index is 14.4. The molecule has 2 saturated carbocycles. The molecule has 5 atom stereocenters. The number of pyridine rings is 1. The van der Waals surface area contributed by atoms with Gasteiger partial charge in [0.2, 0.25) is 27.7 Å². The van der Waals surface area contributed by atoms with E-state index in [0.29, 0.717) is 24.0 Å². The zero-order valence-electron chi connectivity index (χ0n) is 29.6. The lowest BCUT2D eigenvalue weighted by Crippen LogP contribution is -2.60. The van der Waals surface area contributed by atoms with Gasteiger partial charge in [-0.3, -0.25) is 19.1 Å². The van der Waals surface area contributed by atoms with Crippen LogP contribution in [0.2, 0.25) is 0 Å². The second kappa shape index (κ2) is 13.4. The number of alkyl carbamates (subject to hydrolysis) is 1. The van der Waals surface area contributed by atoms with Gasteiger partial charge in [0.1, 0.15) is 35.1 Å². The van der Waals surface area contributed by atoms with Crippen LogP contribution in [0.3, 0.4) is 0 Å². The third-order valence-electron chi connectivity index (χ3n) is 9.09. The van der Waals surface area contributed by atoms with E-state index >= 15 is 0 Å². The number of carbonyl (C=O) groups is 4. The lowest BCUT2D eigenvalue weighted by molar-refractivity contribution is -0.143. The molecular formula is C35H47N5O9S. The number of fused-ring (bicyclic) bond motifs is 1. The van der Waals surface area contributed by atoms with Gasteiger partial charge >= 0.3 is 6.09 Å². The van der Waals surface area contributed by atoms with Crippen LogP contribution >= 0.6 is 0 Å². The van der Waals surface area contributed by atoms with Crippen LogP contribution in [0.25, 0.3) is 10.8 Å². The Balaban J connectivity index is 1.45. The zero-order chi connectivity index (χ0) is 36.8. The predicted molar refractivity (Wildman–Crippen MR) is 185 cm³/mol. The summed E-state index contributed by atoms with van der Waals surface area (Å²) in [5, 5.41) is 6.25. The van der Waals surface area contributed by atoms with Crippen molar-refractivity contribution in [1.29, 1.82) is 0 Å². The quantitative estimate of drug-likeness (QED) is 0.293. The average molecular weight is 714 g/mol. The number of nitrogens with zero attached hydrogens (tertiary/aromatic N) is 2. The van der Waals surface area contributed by atoms with Crippen LogP contribution in [0.15, 0.2) is 43.1 Å². The molecule has 1 aromatic heterocycles. The van der Waals surface area contributed by atoms with Gasteiger partial charge in [-0.15, -0.1) is 6.58 Å². The molecule has 1 aromatic carbocycles. The molecule has 3 N–H and O–H groups in total. The molecule has 0 bridgehead atoms. The third-order valence-corrected chi connectivity index (χ3v) is 10.9. The number of carbonyl (C=O) groups excluding carboxylic acids is 4. The second-order valence-electron chi connectivity index (χ2n) is 15.3. The number of likely N-dealkylation sites (tertiary alicyclic amines) is 1. The molecule has 5 rings (SSSR count). The molecule has 0 spiro atoms. The standard InChI is InChI=1S/C35H47N5O9S/c1-9-20-17-35(20,31(43)39-50(45,46)22-14-15-22)38-28(41)25-16-21(48-29-24-13-11-10-12-23(24)26(47-8)18-36-29)19-40(25)30(42)27(33(2,3)4)37-32(44)49-34(5,6)7/h9-13,18,20-22,25,27H,1,14-17,19H2,2-8H3,(H,37,44)(H,38,41)(H,39,43)/t20-,21-,25?,27?,35-/m1/s1. The number of hydrogen-bond acceptors (Lipinski definition) is 10. The van der Waals surface area contributed by atoms with Crippen LogP contribution in [-0.4, -0.2) is 90.3 Å². The third kappa shape index (κ3) is 7.82. The zero-order valence-corrected chi connectivity index (χ0v) is 30.4. The fourth-order valence-corrected chi connectivity index (χ4v) is 7.55. The van der Waals surface area contributed by atoms with Gasteiger partial charge in [0.05, 0.1) is 25.1 Å². The van der Waals surface area contributed by atoms with E-state index in [1.54, 1.807) is 41.5 Å². The molecule has 2 unspecified atom stereocenters. The molecule has 272 valence electrons. The highest BCUT2D eigenvalue weighted by Gasteiger charge is 2.62. The van der Waals surface area contributed by atoms with Gasteiger partial charge in [-0.2, -0.15) is 0 Å². The number of methoxy groups -OCH3 is 1. The fraction of sp³-hybridized carbons (Fsp3) is 0.571. The summed E-state index contributed by atoms with van der Waals surface area (Å²) in [4.78, 5) is 60.7. The van der Waals surface area contributed by atoms with E-state index in [-0.39, 0.29) is 25.3 Å². The van der Waals surface area contributed by atoms with E-state index in [9.17, 15) is 27.6 Å². The first-order valence-electron chi connectivity index (χ1n) is 16.7. The Hall–Kier alpha value is -4.40. The summed E-state index contributed by atoms with van der Waals surface area (Å²) in [7, 11) is -2.36. The van der Waals surface area contributed by atoms with E-state index in [2.05, 4.69) is 26.9 Å². The number of sulfonamides is 1. The summed E-state index contributed by atoms with van der Waals surface area (Å²) < 4.78 is 44.7. The van der Waals surface area contributed by atoms with Crippen LogP contribution in [-0.2, 0) is 29.1 Å². The van der Waals surface area contributed by atoms with Crippen molar-refractivity contribution in [3.05, 3.63) is 43.1 Å². The number of hydrogen-bond donors (Lipinski definition) is 3. The van der Waals surface area contributed by atoms with Crippen molar-refractivity contribution in [2.45, 2.75) is 102 Å². The lowest BCUT2D eigenvalue weighted by Gasteiger charge is -2.36. The first-order valence-corrected chi connectivity index (χ1v) is 18.2. The number of ether oxygens (including phenoxy) is 3. The van der Waals surface area contributed by atoms with Crippen LogP contribution in [0.5, 0.6) is 11.6 Å². The van der Waals surface area contributed by atoms with Crippen LogP contribution in [0, 0.1) is 11.3 Å². The topological polar surface area (TPSA) is 182 Å². The van der Waals surface area contributed by atoms with Crippen LogP contribution < -0.4 is 24.8 Å². The van der Waals surface area contributed by atoms with Crippen LogP contribution in [0.4, 0.5) is 4.79 Å².